The van der Waals surface area contributed by atoms with Crippen LogP contribution in [0, 0.1) is 11.6 Å². The molecule has 0 fully saturated rings. The van der Waals surface area contributed by atoms with E-state index >= 15 is 0 Å². The van der Waals surface area contributed by atoms with Crippen LogP contribution >= 0.6 is 27.0 Å². The molecular formula is C29H37ClF2N4O10P2. The molecule has 2 unspecified atom stereocenters. The normalized spacial score (nSPS) is 14.2. The number of fused-ring (bicyclic) bond motifs is 1. The Balaban J connectivity index is 1.82. The number of amides is 3. The maximum atomic E-state index is 13.9. The van der Waals surface area contributed by atoms with E-state index in [1.54, 1.807) is 6.92 Å². The van der Waals surface area contributed by atoms with Crippen LogP contribution in [0.25, 0.3) is 10.8 Å². The average Bonchev–Trinajstić information content (AvgIpc) is 3.08. The van der Waals surface area contributed by atoms with Crippen molar-refractivity contribution in [2.75, 3.05) is 53.1 Å². The number of phosphoric acid groups is 1. The Morgan fingerprint density at radius 2 is 1.75 bits per heavy atom. The van der Waals surface area contributed by atoms with Gasteiger partial charge in [0.1, 0.15) is 24.1 Å². The highest BCUT2D eigenvalue weighted by Gasteiger charge is 2.34. The lowest BCUT2D eigenvalue weighted by molar-refractivity contribution is 0.0367. The molecule has 1 heterocycles. The van der Waals surface area contributed by atoms with Gasteiger partial charge in [-0.25, -0.2) is 27.9 Å². The molecule has 3 atom stereocenters. The zero-order valence-corrected chi connectivity index (χ0v) is 29.4. The van der Waals surface area contributed by atoms with Crippen molar-refractivity contribution in [3.05, 3.63) is 70.9 Å². The number of halogens is 3. The van der Waals surface area contributed by atoms with Crippen molar-refractivity contribution in [2.45, 2.75) is 32.0 Å². The number of urea groups is 1. The fraction of sp³-hybridized carbons (Fsp3) is 0.414. The molecule has 0 saturated heterocycles. The number of likely N-dealkylation sites (N-methyl/N-ethyl adjacent to an activating group) is 1. The third kappa shape index (κ3) is 11.2. The SMILES string of the molecule is CCP(=O)(OC)OCC(C[C@@H](COC(=O)Nc1cc2cc(F)ccc2cn1)N(C)C(=O)NCc1cccc(F)c1Cl)OP(=O)(OC)OC. The summed E-state index contributed by atoms with van der Waals surface area (Å²) >= 11 is 6.02. The number of carbonyl (C=O) groups is 2. The second-order valence-electron chi connectivity index (χ2n) is 10.1. The van der Waals surface area contributed by atoms with Gasteiger partial charge in [0.15, 0.2) is 0 Å². The molecule has 3 aromatic rings. The molecule has 3 amide bonds. The van der Waals surface area contributed by atoms with E-state index < -0.39 is 64.5 Å². The Bertz CT molecular complexity index is 1660. The van der Waals surface area contributed by atoms with Crippen molar-refractivity contribution in [1.29, 1.82) is 0 Å². The van der Waals surface area contributed by atoms with E-state index in [2.05, 4.69) is 15.6 Å². The third-order valence-electron chi connectivity index (χ3n) is 7.03. The number of rotatable bonds is 17. The Labute approximate surface area is 281 Å². The molecule has 0 aliphatic rings. The Kier molecular flexibility index (Phi) is 14.7. The van der Waals surface area contributed by atoms with E-state index in [1.807, 2.05) is 0 Å². The zero-order valence-electron chi connectivity index (χ0n) is 26.8. The Morgan fingerprint density at radius 1 is 1.02 bits per heavy atom. The second kappa shape index (κ2) is 18.0. The summed E-state index contributed by atoms with van der Waals surface area (Å²) in [5, 5.41) is 6.02. The summed E-state index contributed by atoms with van der Waals surface area (Å²) in [4.78, 5) is 31.4. The summed E-state index contributed by atoms with van der Waals surface area (Å²) < 4.78 is 84.7. The van der Waals surface area contributed by atoms with Crippen LogP contribution in [0.15, 0.2) is 48.7 Å². The first-order valence-electron chi connectivity index (χ1n) is 14.4. The molecule has 19 heteroatoms. The highest BCUT2D eigenvalue weighted by Crippen LogP contribution is 2.51. The predicted molar refractivity (Wildman–Crippen MR) is 174 cm³/mol. The van der Waals surface area contributed by atoms with Gasteiger partial charge in [0.2, 0.25) is 0 Å². The molecule has 0 bridgehead atoms. The van der Waals surface area contributed by atoms with Crippen molar-refractivity contribution in [2.24, 2.45) is 0 Å². The monoisotopic (exact) mass is 736 g/mol. The van der Waals surface area contributed by atoms with Gasteiger partial charge in [0.05, 0.1) is 23.8 Å². The van der Waals surface area contributed by atoms with Crippen LogP contribution in [-0.4, -0.2) is 81.9 Å². The molecule has 0 aliphatic carbocycles. The molecule has 1 aromatic heterocycles. The van der Waals surface area contributed by atoms with Gasteiger partial charge in [-0.15, -0.1) is 0 Å². The van der Waals surface area contributed by atoms with Gasteiger partial charge >= 0.3 is 27.5 Å². The smallest absolute Gasteiger partial charge is 0.447 e. The maximum Gasteiger partial charge on any atom is 0.474 e. The number of ether oxygens (including phenoxy) is 1. The lowest BCUT2D eigenvalue weighted by Gasteiger charge is -2.32. The standard InChI is InChI=1S/C29H37ClF2N4O10P2/c1-6-47(39,41-3)45-18-24(46-48(40,42-4)43-5)14-23(36(2)28(37)34-16-20-8-7-9-25(32)27(20)30)17-44-29(38)35-26-13-21-12-22(31)11-10-19(21)15-33-26/h7-13,15,23-24H,6,14,16-18H2,1-5H3,(H,34,37)(H,33,35,38)/t23-,24?,47?/m0/s1. The summed E-state index contributed by atoms with van der Waals surface area (Å²) in [6.07, 6.45) is -0.957. The van der Waals surface area contributed by atoms with Crippen LogP contribution in [0.4, 0.5) is 24.2 Å². The summed E-state index contributed by atoms with van der Waals surface area (Å²) in [6, 6.07) is 7.96. The van der Waals surface area contributed by atoms with E-state index in [0.717, 1.165) is 19.1 Å². The number of hydrogen-bond donors (Lipinski definition) is 2. The van der Waals surface area contributed by atoms with Crippen LogP contribution in [0.1, 0.15) is 18.9 Å². The maximum absolute atomic E-state index is 13.9. The van der Waals surface area contributed by atoms with Gasteiger partial charge < -0.3 is 24.0 Å². The quantitative estimate of drug-likeness (QED) is 0.138. The summed E-state index contributed by atoms with van der Waals surface area (Å²) in [6.45, 7) is 0.512. The van der Waals surface area contributed by atoms with Crippen LogP contribution in [-0.2, 0) is 43.0 Å². The number of aromatic nitrogens is 1. The van der Waals surface area contributed by atoms with Gasteiger partial charge in [-0.2, -0.15) is 0 Å². The Morgan fingerprint density at radius 3 is 2.42 bits per heavy atom. The number of benzene rings is 2. The fourth-order valence-corrected chi connectivity index (χ4v) is 6.20. The number of carbonyl (C=O) groups excluding carboxylic acids is 2. The van der Waals surface area contributed by atoms with E-state index in [0.29, 0.717) is 16.3 Å². The number of nitrogens with one attached hydrogen (secondary N) is 2. The van der Waals surface area contributed by atoms with Gasteiger partial charge in [-0.3, -0.25) is 23.5 Å². The van der Waals surface area contributed by atoms with Gasteiger partial charge in [0, 0.05) is 59.1 Å². The van der Waals surface area contributed by atoms with Crippen molar-refractivity contribution in [1.82, 2.24) is 15.2 Å². The minimum atomic E-state index is -4.15. The number of nitrogens with zero attached hydrogens (tertiary/aromatic N) is 2. The largest absolute Gasteiger partial charge is 0.474 e. The van der Waals surface area contributed by atoms with Crippen LogP contribution in [0.5, 0.6) is 0 Å². The first-order chi connectivity index (χ1) is 22.7. The number of anilines is 1. The number of phosphoric ester groups is 1. The number of hydrogen-bond acceptors (Lipinski definition) is 11. The van der Waals surface area contributed by atoms with Gasteiger partial charge in [-0.1, -0.05) is 30.7 Å². The molecule has 48 heavy (non-hydrogen) atoms. The Hall–Kier alpha value is -3.20. The zero-order chi connectivity index (χ0) is 35.5. The molecule has 0 radical (unpaired) electrons. The highest BCUT2D eigenvalue weighted by atomic mass is 35.5. The predicted octanol–water partition coefficient (Wildman–Crippen LogP) is 6.98. The molecule has 3 rings (SSSR count). The van der Waals surface area contributed by atoms with Crippen LogP contribution in [0.3, 0.4) is 0 Å². The van der Waals surface area contributed by atoms with Crippen LogP contribution in [0.2, 0.25) is 5.02 Å². The van der Waals surface area contributed by atoms with E-state index in [1.165, 1.54) is 62.8 Å². The lowest BCUT2D eigenvalue weighted by atomic mass is 10.1. The molecule has 0 spiro atoms. The molecule has 14 nitrogen and oxygen atoms in total. The van der Waals surface area contributed by atoms with Crippen molar-refractivity contribution in [3.8, 4) is 0 Å². The topological polar surface area (TPSA) is 164 Å². The van der Waals surface area contributed by atoms with E-state index in [4.69, 9.17) is 39.0 Å². The molecular weight excluding hydrogens is 700 g/mol. The third-order valence-corrected chi connectivity index (χ3v) is 10.8. The van der Waals surface area contributed by atoms with Gasteiger partial charge in [-0.05, 0) is 41.3 Å². The highest BCUT2D eigenvalue weighted by molar-refractivity contribution is 7.53. The van der Waals surface area contributed by atoms with E-state index in [9.17, 15) is 27.5 Å². The second-order valence-corrected chi connectivity index (χ2v) is 14.8. The summed E-state index contributed by atoms with van der Waals surface area (Å²) in [5.74, 6) is -1.07. The molecule has 264 valence electrons. The minimum Gasteiger partial charge on any atom is -0.447 e. The number of pyridine rings is 1. The molecule has 0 aliphatic heterocycles. The molecule has 2 N–H and O–H groups in total. The average molecular weight is 737 g/mol. The van der Waals surface area contributed by atoms with Gasteiger partial charge in [0.25, 0.3) is 0 Å². The fourth-order valence-electron chi connectivity index (χ4n) is 4.23. The van der Waals surface area contributed by atoms with Crippen molar-refractivity contribution in [3.63, 3.8) is 0 Å². The van der Waals surface area contributed by atoms with Crippen molar-refractivity contribution >= 4 is 55.7 Å². The van der Waals surface area contributed by atoms with Crippen LogP contribution < -0.4 is 10.6 Å². The van der Waals surface area contributed by atoms with E-state index in [-0.39, 0.29) is 30.0 Å². The minimum absolute atomic E-state index is 0.00947. The van der Waals surface area contributed by atoms with Crippen molar-refractivity contribution < 1.29 is 54.9 Å². The summed E-state index contributed by atoms with van der Waals surface area (Å²) in [5.41, 5.74) is 0.305. The first-order valence-corrected chi connectivity index (χ1v) is 17.9. The molecule has 2 aromatic carbocycles. The lowest BCUT2D eigenvalue weighted by Crippen LogP contribution is -2.47. The molecule has 0 saturated carbocycles. The summed E-state index contributed by atoms with van der Waals surface area (Å²) in [7, 11) is -2.95. The first kappa shape index (κ1) is 39.2.